The second kappa shape index (κ2) is 8.26. The summed E-state index contributed by atoms with van der Waals surface area (Å²) in [7, 11) is 1.49. The molecule has 0 radical (unpaired) electrons. The Balaban J connectivity index is 1.77. The number of alkyl halides is 3. The molecule has 0 unspecified atom stereocenters. The van der Waals surface area contributed by atoms with Gasteiger partial charge >= 0.3 is 6.18 Å². The van der Waals surface area contributed by atoms with Crippen LogP contribution in [0.3, 0.4) is 0 Å². The Hall–Kier alpha value is -2.85. The molecule has 2 aromatic rings. The van der Waals surface area contributed by atoms with Crippen molar-refractivity contribution in [1.82, 2.24) is 10.4 Å². The lowest BCUT2D eigenvalue weighted by Gasteiger charge is -2.15. The van der Waals surface area contributed by atoms with Crippen LogP contribution < -0.4 is 10.2 Å². The highest BCUT2D eigenvalue weighted by molar-refractivity contribution is 8.26. The molecule has 3 rings (SSSR count). The van der Waals surface area contributed by atoms with Crippen LogP contribution in [0.2, 0.25) is 0 Å². The number of hydrogen-bond acceptors (Lipinski definition) is 5. The number of halogens is 3. The van der Waals surface area contributed by atoms with E-state index in [1.54, 1.807) is 12.1 Å². The molecule has 0 bridgehead atoms. The Morgan fingerprint density at radius 1 is 1.21 bits per heavy atom. The van der Waals surface area contributed by atoms with E-state index in [2.05, 4.69) is 5.43 Å². The molecule has 0 atom stereocenters. The summed E-state index contributed by atoms with van der Waals surface area (Å²) in [5.41, 5.74) is 2.06. The van der Waals surface area contributed by atoms with E-state index >= 15 is 0 Å². The molecule has 1 aliphatic heterocycles. The van der Waals surface area contributed by atoms with Crippen LogP contribution in [-0.2, 0) is 11.0 Å². The fourth-order valence-electron chi connectivity index (χ4n) is 2.43. The van der Waals surface area contributed by atoms with Gasteiger partial charge < -0.3 is 4.74 Å². The number of ether oxygens (including phenoxy) is 1. The highest BCUT2D eigenvalue weighted by Crippen LogP contribution is 2.33. The number of benzene rings is 2. The zero-order valence-corrected chi connectivity index (χ0v) is 16.5. The Morgan fingerprint density at radius 2 is 1.90 bits per heavy atom. The van der Waals surface area contributed by atoms with Gasteiger partial charge in [0.05, 0.1) is 17.6 Å². The van der Waals surface area contributed by atoms with Gasteiger partial charge in [0.15, 0.2) is 4.32 Å². The fraction of sp³-hybridized carbons (Fsp3) is 0.105. The molecule has 1 aliphatic rings. The summed E-state index contributed by atoms with van der Waals surface area (Å²) in [5.74, 6) is -0.625. The second-order valence-corrected chi connectivity index (χ2v) is 7.49. The predicted octanol–water partition coefficient (Wildman–Crippen LogP) is 4.26. The van der Waals surface area contributed by atoms with E-state index in [-0.39, 0.29) is 20.4 Å². The SMILES string of the molecule is COc1ccc(C(=O)NN2C(=O)/C(=C/c3cccc(C(F)(F)F)c3)SC2=S)cc1. The van der Waals surface area contributed by atoms with Crippen molar-refractivity contribution in [3.63, 3.8) is 0 Å². The van der Waals surface area contributed by atoms with Crippen LogP contribution in [0.5, 0.6) is 5.75 Å². The first-order valence-electron chi connectivity index (χ1n) is 8.09. The lowest BCUT2D eigenvalue weighted by molar-refractivity contribution is -0.137. The van der Waals surface area contributed by atoms with Crippen molar-refractivity contribution in [2.75, 3.05) is 7.11 Å². The largest absolute Gasteiger partial charge is 0.497 e. The van der Waals surface area contributed by atoms with Gasteiger partial charge in [-0.05, 0) is 60.3 Å². The molecule has 0 saturated carbocycles. The summed E-state index contributed by atoms with van der Waals surface area (Å²) in [6.07, 6.45) is -3.19. The summed E-state index contributed by atoms with van der Waals surface area (Å²) in [5, 5.41) is 0.895. The van der Waals surface area contributed by atoms with E-state index in [4.69, 9.17) is 17.0 Å². The van der Waals surface area contributed by atoms with E-state index in [9.17, 15) is 22.8 Å². The fourth-order valence-corrected chi connectivity index (χ4v) is 3.61. The van der Waals surface area contributed by atoms with Crippen LogP contribution in [0.25, 0.3) is 6.08 Å². The molecule has 1 heterocycles. The summed E-state index contributed by atoms with van der Waals surface area (Å²) in [6, 6.07) is 10.8. The number of carbonyl (C=O) groups is 2. The summed E-state index contributed by atoms with van der Waals surface area (Å²) < 4.78 is 43.7. The summed E-state index contributed by atoms with van der Waals surface area (Å²) in [6.45, 7) is 0. The number of rotatable bonds is 4. The van der Waals surface area contributed by atoms with Gasteiger partial charge in [-0.2, -0.15) is 18.2 Å². The van der Waals surface area contributed by atoms with E-state index in [0.29, 0.717) is 5.75 Å². The van der Waals surface area contributed by atoms with Crippen LogP contribution in [0.15, 0.2) is 53.4 Å². The van der Waals surface area contributed by atoms with Crippen LogP contribution >= 0.6 is 24.0 Å². The van der Waals surface area contributed by atoms with Crippen molar-refractivity contribution >= 4 is 46.2 Å². The van der Waals surface area contributed by atoms with Gasteiger partial charge in [-0.1, -0.05) is 23.9 Å². The van der Waals surface area contributed by atoms with Crippen molar-refractivity contribution in [2.45, 2.75) is 6.18 Å². The van der Waals surface area contributed by atoms with Gasteiger partial charge in [-0.3, -0.25) is 15.0 Å². The Bertz CT molecular complexity index is 1000. The minimum absolute atomic E-state index is 0.0649. The van der Waals surface area contributed by atoms with Gasteiger partial charge in [0.25, 0.3) is 11.8 Å². The van der Waals surface area contributed by atoms with Crippen molar-refractivity contribution < 1.29 is 27.5 Å². The monoisotopic (exact) mass is 438 g/mol. The molecule has 10 heteroatoms. The van der Waals surface area contributed by atoms with Crippen molar-refractivity contribution in [3.05, 3.63) is 70.1 Å². The number of thioether (sulfide) groups is 1. The van der Waals surface area contributed by atoms with Crippen molar-refractivity contribution in [1.29, 1.82) is 0 Å². The molecule has 29 heavy (non-hydrogen) atoms. The number of thiocarbonyl (C=S) groups is 1. The summed E-state index contributed by atoms with van der Waals surface area (Å²) >= 11 is 6.00. The number of nitrogens with zero attached hydrogens (tertiary/aromatic N) is 1. The second-order valence-electron chi connectivity index (χ2n) is 5.81. The molecule has 150 valence electrons. The zero-order valence-electron chi connectivity index (χ0n) is 14.8. The van der Waals surface area contributed by atoms with Gasteiger partial charge in [0.2, 0.25) is 0 Å². The zero-order chi connectivity index (χ0) is 21.2. The first-order chi connectivity index (χ1) is 13.7. The number of hydrazine groups is 1. The molecule has 2 aromatic carbocycles. The van der Waals surface area contributed by atoms with E-state index in [1.165, 1.54) is 37.5 Å². The van der Waals surface area contributed by atoms with E-state index in [1.807, 2.05) is 0 Å². The Kier molecular flexibility index (Phi) is 5.94. The maximum Gasteiger partial charge on any atom is 0.416 e. The third kappa shape index (κ3) is 4.77. The lowest BCUT2D eigenvalue weighted by Crippen LogP contribution is -2.44. The number of carbonyl (C=O) groups excluding carboxylic acids is 2. The number of nitrogens with one attached hydrogen (secondary N) is 1. The standard InChI is InChI=1S/C19H13F3N2O3S2/c1-27-14-7-5-12(6-8-14)16(25)23-24-17(26)15(29-18(24)28)10-11-3-2-4-13(9-11)19(20,21)22/h2-10H,1H3,(H,23,25)/b15-10-. The number of amides is 2. The maximum atomic E-state index is 12.9. The molecule has 5 nitrogen and oxygen atoms in total. The number of hydrogen-bond donors (Lipinski definition) is 1. The molecule has 1 N–H and O–H groups in total. The Labute approximate surface area is 173 Å². The van der Waals surface area contributed by atoms with Gasteiger partial charge in [-0.15, -0.1) is 0 Å². The smallest absolute Gasteiger partial charge is 0.416 e. The van der Waals surface area contributed by atoms with Crippen LogP contribution in [0.4, 0.5) is 13.2 Å². The van der Waals surface area contributed by atoms with Crippen LogP contribution in [-0.4, -0.2) is 28.3 Å². The predicted molar refractivity (Wildman–Crippen MR) is 107 cm³/mol. The van der Waals surface area contributed by atoms with E-state index < -0.39 is 23.6 Å². The molecule has 0 aliphatic carbocycles. The minimum atomic E-state index is -4.49. The highest BCUT2D eigenvalue weighted by Gasteiger charge is 2.34. The topological polar surface area (TPSA) is 58.6 Å². The molecule has 1 fully saturated rings. The average molecular weight is 438 g/mol. The molecular formula is C19H13F3N2O3S2. The number of methoxy groups -OCH3 is 1. The summed E-state index contributed by atoms with van der Waals surface area (Å²) in [4.78, 5) is 25.0. The molecular weight excluding hydrogens is 425 g/mol. The molecule has 2 amide bonds. The van der Waals surface area contributed by atoms with Crippen molar-refractivity contribution in [3.8, 4) is 5.75 Å². The van der Waals surface area contributed by atoms with E-state index in [0.717, 1.165) is 28.9 Å². The highest BCUT2D eigenvalue weighted by atomic mass is 32.2. The van der Waals surface area contributed by atoms with Crippen LogP contribution in [0, 0.1) is 0 Å². The van der Waals surface area contributed by atoms with Crippen LogP contribution in [0.1, 0.15) is 21.5 Å². The van der Waals surface area contributed by atoms with Crippen molar-refractivity contribution in [2.24, 2.45) is 0 Å². The first-order valence-corrected chi connectivity index (χ1v) is 9.32. The quantitative estimate of drug-likeness (QED) is 0.571. The molecule has 0 aromatic heterocycles. The third-order valence-electron chi connectivity index (χ3n) is 3.87. The van der Waals surface area contributed by atoms with Gasteiger partial charge in [0, 0.05) is 5.56 Å². The van der Waals surface area contributed by atoms with Gasteiger partial charge in [0.1, 0.15) is 5.75 Å². The Morgan fingerprint density at radius 3 is 2.52 bits per heavy atom. The lowest BCUT2D eigenvalue weighted by atomic mass is 10.1. The first kappa shape index (κ1) is 20.9. The maximum absolute atomic E-state index is 12.9. The average Bonchev–Trinajstić information content (AvgIpc) is 2.95. The third-order valence-corrected chi connectivity index (χ3v) is 5.17. The normalized spacial score (nSPS) is 15.7. The minimum Gasteiger partial charge on any atom is -0.497 e. The molecule has 1 saturated heterocycles. The van der Waals surface area contributed by atoms with Gasteiger partial charge in [-0.25, -0.2) is 0 Å². The molecule has 0 spiro atoms.